The van der Waals surface area contributed by atoms with E-state index in [-0.39, 0.29) is 35.2 Å². The number of aromatic nitrogens is 2. The molecule has 0 saturated heterocycles. The van der Waals surface area contributed by atoms with Crippen molar-refractivity contribution in [2.45, 2.75) is 52.5 Å². The predicted octanol–water partition coefficient (Wildman–Crippen LogP) is 6.04. The van der Waals surface area contributed by atoms with E-state index in [1.54, 1.807) is 48.5 Å². The van der Waals surface area contributed by atoms with Crippen molar-refractivity contribution < 1.29 is 19.5 Å². The summed E-state index contributed by atoms with van der Waals surface area (Å²) in [6.07, 6.45) is 4.95. The maximum Gasteiger partial charge on any atom is 0.341 e. The smallest absolute Gasteiger partial charge is 0.341 e. The van der Waals surface area contributed by atoms with Crippen LogP contribution in [0.1, 0.15) is 67.2 Å². The Hall–Kier alpha value is -3.65. The van der Waals surface area contributed by atoms with E-state index in [0.29, 0.717) is 27.9 Å². The highest BCUT2D eigenvalue weighted by molar-refractivity contribution is 6.34. The van der Waals surface area contributed by atoms with E-state index in [9.17, 15) is 19.5 Å². The summed E-state index contributed by atoms with van der Waals surface area (Å²) in [5.41, 5.74) is 1.31. The SMILES string of the molecule is CC(C)N(c1nn(-c2cccc(NC(=O)c3ccccc3Cl)c2)cc1C(=O)O)C(=O)[C@H]1CC[C@H](C)CC1. The predicted molar refractivity (Wildman–Crippen MR) is 144 cm³/mol. The molecule has 0 spiro atoms. The van der Waals surface area contributed by atoms with Crippen molar-refractivity contribution in [1.29, 1.82) is 0 Å². The molecule has 37 heavy (non-hydrogen) atoms. The first-order valence-corrected chi connectivity index (χ1v) is 12.9. The van der Waals surface area contributed by atoms with Crippen LogP contribution in [-0.2, 0) is 4.79 Å². The number of carbonyl (C=O) groups excluding carboxylic acids is 2. The number of amides is 2. The summed E-state index contributed by atoms with van der Waals surface area (Å²) < 4.78 is 1.43. The Kier molecular flexibility index (Phi) is 7.97. The second kappa shape index (κ2) is 11.2. The van der Waals surface area contributed by atoms with E-state index in [2.05, 4.69) is 17.3 Å². The number of hydrogen-bond donors (Lipinski definition) is 2. The fourth-order valence-electron chi connectivity index (χ4n) is 4.70. The molecule has 1 aromatic heterocycles. The first-order chi connectivity index (χ1) is 17.7. The molecule has 1 aliphatic carbocycles. The summed E-state index contributed by atoms with van der Waals surface area (Å²) in [5, 5.41) is 17.7. The van der Waals surface area contributed by atoms with Gasteiger partial charge in [-0.05, 0) is 75.8 Å². The van der Waals surface area contributed by atoms with Crippen molar-refractivity contribution >= 4 is 40.9 Å². The number of nitrogens with one attached hydrogen (secondary N) is 1. The molecule has 4 rings (SSSR count). The van der Waals surface area contributed by atoms with E-state index in [4.69, 9.17) is 11.6 Å². The highest BCUT2D eigenvalue weighted by Gasteiger charge is 2.34. The van der Waals surface area contributed by atoms with Gasteiger partial charge in [-0.2, -0.15) is 0 Å². The van der Waals surface area contributed by atoms with Crippen molar-refractivity contribution in [3.05, 3.63) is 70.9 Å². The Bertz CT molecular complexity index is 1310. The second-order valence-corrected chi connectivity index (χ2v) is 10.3. The maximum absolute atomic E-state index is 13.5. The molecule has 1 fully saturated rings. The van der Waals surface area contributed by atoms with Gasteiger partial charge in [0, 0.05) is 23.8 Å². The van der Waals surface area contributed by atoms with Gasteiger partial charge in [-0.3, -0.25) is 14.5 Å². The number of benzene rings is 2. The molecule has 3 aromatic rings. The van der Waals surface area contributed by atoms with Crippen LogP contribution in [0, 0.1) is 11.8 Å². The van der Waals surface area contributed by atoms with E-state index in [0.717, 1.165) is 25.7 Å². The lowest BCUT2D eigenvalue weighted by atomic mass is 9.82. The summed E-state index contributed by atoms with van der Waals surface area (Å²) in [6.45, 7) is 5.91. The third-order valence-electron chi connectivity index (χ3n) is 6.76. The zero-order chi connectivity index (χ0) is 26.7. The fraction of sp³-hybridized carbons (Fsp3) is 0.357. The van der Waals surface area contributed by atoms with Crippen LogP contribution in [0.5, 0.6) is 0 Å². The van der Waals surface area contributed by atoms with Gasteiger partial charge >= 0.3 is 5.97 Å². The molecule has 2 N–H and O–H groups in total. The minimum Gasteiger partial charge on any atom is -0.477 e. The summed E-state index contributed by atoms with van der Waals surface area (Å²) in [6, 6.07) is 13.4. The van der Waals surface area contributed by atoms with Gasteiger partial charge in [0.2, 0.25) is 5.91 Å². The standard InChI is InChI=1S/C28H31ClN4O4/c1-17(2)33(27(35)19-13-11-18(3)12-14-19)25-23(28(36)37)16-32(31-25)21-8-6-7-20(15-21)30-26(34)22-9-4-5-10-24(22)29/h4-10,15-19H,11-14H2,1-3H3,(H,30,34)(H,36,37)/t18-,19-. The van der Waals surface area contributed by atoms with Crippen LogP contribution in [0.25, 0.3) is 5.69 Å². The van der Waals surface area contributed by atoms with Gasteiger partial charge in [0.15, 0.2) is 5.82 Å². The van der Waals surface area contributed by atoms with E-state index in [1.165, 1.54) is 15.8 Å². The van der Waals surface area contributed by atoms with Crippen LogP contribution < -0.4 is 10.2 Å². The number of hydrogen-bond acceptors (Lipinski definition) is 4. The van der Waals surface area contributed by atoms with Crippen molar-refractivity contribution in [3.8, 4) is 5.69 Å². The molecule has 0 unspecified atom stereocenters. The fourth-order valence-corrected chi connectivity index (χ4v) is 4.92. The van der Waals surface area contributed by atoms with Gasteiger partial charge in [0.25, 0.3) is 5.91 Å². The third-order valence-corrected chi connectivity index (χ3v) is 7.09. The molecule has 1 heterocycles. The molecular formula is C28H31ClN4O4. The van der Waals surface area contributed by atoms with Gasteiger partial charge < -0.3 is 10.4 Å². The molecule has 194 valence electrons. The summed E-state index contributed by atoms with van der Waals surface area (Å²) in [4.78, 5) is 39.9. The second-order valence-electron chi connectivity index (χ2n) is 9.86. The number of carbonyl (C=O) groups is 3. The zero-order valence-electron chi connectivity index (χ0n) is 21.1. The molecule has 1 saturated carbocycles. The van der Waals surface area contributed by atoms with Crippen LogP contribution >= 0.6 is 11.6 Å². The lowest BCUT2D eigenvalue weighted by Crippen LogP contribution is -2.43. The van der Waals surface area contributed by atoms with Crippen LogP contribution in [0.15, 0.2) is 54.7 Å². The molecule has 0 radical (unpaired) electrons. The Morgan fingerprint density at radius 3 is 2.41 bits per heavy atom. The molecule has 9 heteroatoms. The number of aromatic carboxylic acids is 1. The topological polar surface area (TPSA) is 105 Å². The summed E-state index contributed by atoms with van der Waals surface area (Å²) in [5.74, 6) is -1.05. The van der Waals surface area contributed by atoms with Gasteiger partial charge in [-0.1, -0.05) is 36.7 Å². The summed E-state index contributed by atoms with van der Waals surface area (Å²) in [7, 11) is 0. The van der Waals surface area contributed by atoms with Crippen molar-refractivity contribution in [2.75, 3.05) is 10.2 Å². The first-order valence-electron chi connectivity index (χ1n) is 12.5. The Morgan fingerprint density at radius 1 is 1.05 bits per heavy atom. The van der Waals surface area contributed by atoms with E-state index < -0.39 is 5.97 Å². The average molecular weight is 523 g/mol. The third kappa shape index (κ3) is 5.85. The quantitative estimate of drug-likeness (QED) is 0.393. The largest absolute Gasteiger partial charge is 0.477 e. The van der Waals surface area contributed by atoms with Gasteiger partial charge in [0.1, 0.15) is 5.56 Å². The number of anilines is 2. The Balaban J connectivity index is 1.64. The number of carboxylic acid groups (broad SMARTS) is 1. The average Bonchev–Trinajstić information content (AvgIpc) is 3.30. The van der Waals surface area contributed by atoms with Crippen LogP contribution in [0.4, 0.5) is 11.5 Å². The van der Waals surface area contributed by atoms with Gasteiger partial charge in [-0.25, -0.2) is 9.48 Å². The monoisotopic (exact) mass is 522 g/mol. The molecule has 2 amide bonds. The van der Waals surface area contributed by atoms with Crippen LogP contribution in [0.3, 0.4) is 0 Å². The molecule has 0 bridgehead atoms. The highest BCUT2D eigenvalue weighted by Crippen LogP contribution is 2.33. The minimum atomic E-state index is -1.17. The molecular weight excluding hydrogens is 492 g/mol. The lowest BCUT2D eigenvalue weighted by molar-refractivity contribution is -0.124. The highest BCUT2D eigenvalue weighted by atomic mass is 35.5. The summed E-state index contributed by atoms with van der Waals surface area (Å²) >= 11 is 6.14. The number of nitrogens with zero attached hydrogens (tertiary/aromatic N) is 3. The Labute approximate surface area is 221 Å². The molecule has 0 atom stereocenters. The van der Waals surface area contributed by atoms with Crippen LogP contribution in [-0.4, -0.2) is 38.7 Å². The van der Waals surface area contributed by atoms with Crippen molar-refractivity contribution in [1.82, 2.24) is 9.78 Å². The molecule has 0 aliphatic heterocycles. The lowest BCUT2D eigenvalue weighted by Gasteiger charge is -2.32. The number of carboxylic acids is 1. The molecule has 8 nitrogen and oxygen atoms in total. The first kappa shape index (κ1) is 26.4. The van der Waals surface area contributed by atoms with E-state index >= 15 is 0 Å². The number of rotatable bonds is 7. The van der Waals surface area contributed by atoms with Crippen LogP contribution in [0.2, 0.25) is 5.02 Å². The zero-order valence-corrected chi connectivity index (χ0v) is 21.9. The molecule has 2 aromatic carbocycles. The van der Waals surface area contributed by atoms with Gasteiger partial charge in [0.05, 0.1) is 16.3 Å². The maximum atomic E-state index is 13.5. The van der Waals surface area contributed by atoms with Crippen molar-refractivity contribution in [2.24, 2.45) is 11.8 Å². The van der Waals surface area contributed by atoms with Crippen molar-refractivity contribution in [3.63, 3.8) is 0 Å². The molecule has 1 aliphatic rings. The Morgan fingerprint density at radius 2 is 1.76 bits per heavy atom. The number of halogens is 1. The normalized spacial score (nSPS) is 17.4. The van der Waals surface area contributed by atoms with Gasteiger partial charge in [-0.15, -0.1) is 5.10 Å². The minimum absolute atomic E-state index is 0.0586. The van der Waals surface area contributed by atoms with E-state index in [1.807, 2.05) is 13.8 Å².